The summed E-state index contributed by atoms with van der Waals surface area (Å²) in [5, 5.41) is 22.9. The van der Waals surface area contributed by atoms with Gasteiger partial charge in [-0.2, -0.15) is 0 Å². The van der Waals surface area contributed by atoms with Crippen LogP contribution >= 0.6 is 0 Å². The van der Waals surface area contributed by atoms with Gasteiger partial charge in [0.2, 0.25) is 5.91 Å². The Bertz CT molecular complexity index is 1030. The first-order valence-corrected chi connectivity index (χ1v) is 13.5. The topological polar surface area (TPSA) is 142 Å². The van der Waals surface area contributed by atoms with Gasteiger partial charge in [-0.25, -0.2) is 4.79 Å². The second-order valence-corrected chi connectivity index (χ2v) is 12.1. The van der Waals surface area contributed by atoms with Crippen LogP contribution in [0.1, 0.15) is 73.3 Å². The number of amides is 2. The van der Waals surface area contributed by atoms with Gasteiger partial charge in [-0.05, 0) is 64.0 Å². The SMILES string of the molecule is CCOC(=O)[C@@H]1Cc2ccccc2N(C(=O)CC(C)(C)C[C@H](NC(=O)OC(C)(C)C)[C@@H](O)C[C@@H](C)C(=O)O)C1. The van der Waals surface area contributed by atoms with Gasteiger partial charge < -0.3 is 29.9 Å². The molecule has 0 saturated heterocycles. The van der Waals surface area contributed by atoms with Crippen molar-refractivity contribution >= 4 is 29.6 Å². The van der Waals surface area contributed by atoms with Crippen LogP contribution in [0.2, 0.25) is 0 Å². The summed E-state index contributed by atoms with van der Waals surface area (Å²) < 4.78 is 10.6. The molecule has 0 aliphatic carbocycles. The number of esters is 1. The smallest absolute Gasteiger partial charge is 0.407 e. The molecule has 0 fully saturated rings. The molecule has 39 heavy (non-hydrogen) atoms. The van der Waals surface area contributed by atoms with Crippen molar-refractivity contribution in [2.45, 2.75) is 91.9 Å². The van der Waals surface area contributed by atoms with Crippen molar-refractivity contribution in [1.29, 1.82) is 0 Å². The summed E-state index contributed by atoms with van der Waals surface area (Å²) in [5.74, 6) is -2.92. The van der Waals surface area contributed by atoms with Crippen LogP contribution < -0.4 is 10.2 Å². The maximum atomic E-state index is 13.7. The molecule has 0 aromatic heterocycles. The number of para-hydroxylation sites is 1. The third-order valence-corrected chi connectivity index (χ3v) is 6.66. The van der Waals surface area contributed by atoms with E-state index in [0.717, 1.165) is 11.3 Å². The zero-order valence-electron chi connectivity index (χ0n) is 24.2. The standard InChI is InChI=1S/C29H44N2O8/c1-8-38-26(36)20-14-19-11-9-10-12-22(19)31(17-20)24(33)16-29(6,7)15-21(23(32)13-18(2)25(34)35)30-27(37)39-28(3,4)5/h9-12,18,20-21,23,32H,8,13-17H2,1-7H3,(H,30,37)(H,34,35)/t18-,20-,21+,23+/m1/s1. The van der Waals surface area contributed by atoms with Crippen molar-refractivity contribution in [3.63, 3.8) is 0 Å². The first-order chi connectivity index (χ1) is 18.0. The number of rotatable bonds is 11. The maximum Gasteiger partial charge on any atom is 0.407 e. The summed E-state index contributed by atoms with van der Waals surface area (Å²) in [6, 6.07) is 6.60. The zero-order valence-corrected chi connectivity index (χ0v) is 24.2. The molecule has 0 bridgehead atoms. The molecule has 0 spiro atoms. The second kappa shape index (κ2) is 13.3. The number of fused-ring (bicyclic) bond motifs is 1. The minimum atomic E-state index is -1.18. The molecule has 4 atom stereocenters. The highest BCUT2D eigenvalue weighted by Crippen LogP contribution is 2.35. The summed E-state index contributed by atoms with van der Waals surface area (Å²) in [4.78, 5) is 51.7. The molecule has 1 aliphatic rings. The summed E-state index contributed by atoms with van der Waals surface area (Å²) >= 11 is 0. The second-order valence-electron chi connectivity index (χ2n) is 12.1. The maximum absolute atomic E-state index is 13.7. The third-order valence-electron chi connectivity index (χ3n) is 6.66. The van der Waals surface area contributed by atoms with E-state index in [-0.39, 0.29) is 44.3 Å². The van der Waals surface area contributed by atoms with E-state index in [9.17, 15) is 29.4 Å². The molecular formula is C29H44N2O8. The van der Waals surface area contributed by atoms with Gasteiger partial charge in [-0.1, -0.05) is 39.0 Å². The Labute approximate surface area is 231 Å². The van der Waals surface area contributed by atoms with E-state index in [1.165, 1.54) is 6.92 Å². The lowest BCUT2D eigenvalue weighted by molar-refractivity contribution is -0.148. The van der Waals surface area contributed by atoms with Crippen molar-refractivity contribution < 1.29 is 38.9 Å². The average Bonchev–Trinajstić information content (AvgIpc) is 2.81. The first-order valence-electron chi connectivity index (χ1n) is 13.5. The Morgan fingerprint density at radius 2 is 1.77 bits per heavy atom. The van der Waals surface area contributed by atoms with Gasteiger partial charge >= 0.3 is 18.0 Å². The number of nitrogens with zero attached hydrogens (tertiary/aromatic N) is 1. The van der Waals surface area contributed by atoms with Crippen LogP contribution in [0.4, 0.5) is 10.5 Å². The van der Waals surface area contributed by atoms with Crippen molar-refractivity contribution in [1.82, 2.24) is 5.32 Å². The van der Waals surface area contributed by atoms with Gasteiger partial charge in [0.05, 0.1) is 30.6 Å². The van der Waals surface area contributed by atoms with E-state index < -0.39 is 47.1 Å². The number of carboxylic acids is 1. The van der Waals surface area contributed by atoms with Crippen LogP contribution in [-0.2, 0) is 30.3 Å². The molecule has 10 heteroatoms. The predicted molar refractivity (Wildman–Crippen MR) is 146 cm³/mol. The highest BCUT2D eigenvalue weighted by atomic mass is 16.6. The molecule has 1 heterocycles. The molecule has 0 radical (unpaired) electrons. The summed E-state index contributed by atoms with van der Waals surface area (Å²) in [6.07, 6.45) is -1.27. The number of carbonyl (C=O) groups excluding carboxylic acids is 3. The Hall–Kier alpha value is -3.14. The number of aliphatic hydroxyl groups is 1. The monoisotopic (exact) mass is 548 g/mol. The number of anilines is 1. The molecule has 10 nitrogen and oxygen atoms in total. The molecule has 1 aliphatic heterocycles. The normalized spacial score (nSPS) is 17.8. The Morgan fingerprint density at radius 3 is 2.36 bits per heavy atom. The highest BCUT2D eigenvalue weighted by Gasteiger charge is 2.37. The van der Waals surface area contributed by atoms with Crippen LogP contribution in [0.25, 0.3) is 0 Å². The fourth-order valence-electron chi connectivity index (χ4n) is 4.79. The van der Waals surface area contributed by atoms with Crippen LogP contribution in [-0.4, -0.2) is 65.1 Å². The van der Waals surface area contributed by atoms with Crippen molar-refractivity contribution in [3.8, 4) is 0 Å². The summed E-state index contributed by atoms with van der Waals surface area (Å²) in [6.45, 7) is 12.5. The number of ether oxygens (including phenoxy) is 2. The first kappa shape index (κ1) is 32.1. The van der Waals surface area contributed by atoms with Gasteiger partial charge in [-0.15, -0.1) is 0 Å². The van der Waals surface area contributed by atoms with Gasteiger partial charge in [-0.3, -0.25) is 14.4 Å². The minimum absolute atomic E-state index is 0.0601. The van der Waals surface area contributed by atoms with E-state index >= 15 is 0 Å². The van der Waals surface area contributed by atoms with Crippen LogP contribution in [0.15, 0.2) is 24.3 Å². The molecule has 2 rings (SSSR count). The lowest BCUT2D eigenvalue weighted by atomic mass is 9.79. The van der Waals surface area contributed by atoms with Gasteiger partial charge in [0.25, 0.3) is 0 Å². The Balaban J connectivity index is 2.24. The zero-order chi connectivity index (χ0) is 29.5. The lowest BCUT2D eigenvalue weighted by Crippen LogP contribution is -2.49. The molecule has 0 saturated carbocycles. The van der Waals surface area contributed by atoms with E-state index in [0.29, 0.717) is 6.42 Å². The fourth-order valence-corrected chi connectivity index (χ4v) is 4.79. The van der Waals surface area contributed by atoms with E-state index in [4.69, 9.17) is 9.47 Å². The number of nitrogens with one attached hydrogen (secondary N) is 1. The van der Waals surface area contributed by atoms with Crippen LogP contribution in [0, 0.1) is 17.3 Å². The number of aliphatic hydroxyl groups excluding tert-OH is 1. The molecule has 0 unspecified atom stereocenters. The molecule has 3 N–H and O–H groups in total. The van der Waals surface area contributed by atoms with Crippen molar-refractivity contribution in [2.24, 2.45) is 17.3 Å². The highest BCUT2D eigenvalue weighted by molar-refractivity contribution is 5.96. The number of alkyl carbamates (subject to hydrolysis) is 1. The number of benzene rings is 1. The number of hydrogen-bond donors (Lipinski definition) is 3. The fraction of sp³-hybridized carbons (Fsp3) is 0.655. The van der Waals surface area contributed by atoms with E-state index in [1.54, 1.807) is 32.6 Å². The minimum Gasteiger partial charge on any atom is -0.481 e. The van der Waals surface area contributed by atoms with Crippen LogP contribution in [0.5, 0.6) is 0 Å². The summed E-state index contributed by atoms with van der Waals surface area (Å²) in [5.41, 5.74) is 0.153. The third kappa shape index (κ3) is 9.84. The van der Waals surface area contributed by atoms with E-state index in [2.05, 4.69) is 5.32 Å². The van der Waals surface area contributed by atoms with Gasteiger partial charge in [0.15, 0.2) is 0 Å². The quantitative estimate of drug-likeness (QED) is 0.353. The Kier molecular flexibility index (Phi) is 10.9. The van der Waals surface area contributed by atoms with Gasteiger partial charge in [0.1, 0.15) is 5.60 Å². The molecule has 1 aromatic rings. The Morgan fingerprint density at radius 1 is 1.13 bits per heavy atom. The summed E-state index contributed by atoms with van der Waals surface area (Å²) in [7, 11) is 0. The predicted octanol–water partition coefficient (Wildman–Crippen LogP) is 3.93. The van der Waals surface area contributed by atoms with E-state index in [1.807, 2.05) is 38.1 Å². The lowest BCUT2D eigenvalue weighted by Gasteiger charge is -2.37. The number of aliphatic carboxylic acids is 1. The number of carboxylic acid groups (broad SMARTS) is 1. The van der Waals surface area contributed by atoms with Crippen molar-refractivity contribution in [2.75, 3.05) is 18.1 Å². The molecule has 2 amide bonds. The average molecular weight is 549 g/mol. The van der Waals surface area contributed by atoms with Crippen LogP contribution in [0.3, 0.4) is 0 Å². The van der Waals surface area contributed by atoms with Gasteiger partial charge in [0, 0.05) is 18.7 Å². The molecular weight excluding hydrogens is 504 g/mol. The van der Waals surface area contributed by atoms with Crippen molar-refractivity contribution in [3.05, 3.63) is 29.8 Å². The largest absolute Gasteiger partial charge is 0.481 e. The molecule has 1 aromatic carbocycles. The molecule has 218 valence electrons. The number of carbonyl (C=O) groups is 4. The number of hydrogen-bond acceptors (Lipinski definition) is 7.